The van der Waals surface area contributed by atoms with E-state index in [1.807, 2.05) is 6.92 Å². The number of carbonyl (C=O) groups excluding carboxylic acids is 1. The van der Waals surface area contributed by atoms with Crippen molar-refractivity contribution in [1.29, 1.82) is 0 Å². The highest BCUT2D eigenvalue weighted by Crippen LogP contribution is 2.20. The lowest BCUT2D eigenvalue weighted by Crippen LogP contribution is -2.00. The van der Waals surface area contributed by atoms with E-state index in [9.17, 15) is 4.79 Å². The van der Waals surface area contributed by atoms with Crippen molar-refractivity contribution in [3.8, 4) is 0 Å². The van der Waals surface area contributed by atoms with Crippen LogP contribution in [-0.4, -0.2) is 5.78 Å². The minimum Gasteiger partial charge on any atom is -0.295 e. The number of hydrogen-bond acceptors (Lipinski definition) is 1. The third-order valence-electron chi connectivity index (χ3n) is 1.93. The second kappa shape index (κ2) is 4.12. The molecule has 1 unspecified atom stereocenters. The van der Waals surface area contributed by atoms with Crippen molar-refractivity contribution >= 4 is 5.78 Å². The standard InChI is InChI=1S/C10H14O/c1-2-5-10(11)8-9-6-3-4-7-9/h2-3,5-6,9H,4,7-8H2,1H3/b5-2-. The van der Waals surface area contributed by atoms with Crippen molar-refractivity contribution in [3.05, 3.63) is 24.3 Å². The van der Waals surface area contributed by atoms with Gasteiger partial charge in [0.2, 0.25) is 0 Å². The summed E-state index contributed by atoms with van der Waals surface area (Å²) in [6.07, 6.45) is 10.8. The van der Waals surface area contributed by atoms with E-state index in [-0.39, 0.29) is 5.78 Å². The zero-order valence-electron chi connectivity index (χ0n) is 6.92. The van der Waals surface area contributed by atoms with Gasteiger partial charge in [-0.25, -0.2) is 0 Å². The SMILES string of the molecule is C/C=C\C(=O)CC1C=CCC1. The van der Waals surface area contributed by atoms with Crippen molar-refractivity contribution in [3.63, 3.8) is 0 Å². The number of rotatable bonds is 3. The molecule has 0 amide bonds. The van der Waals surface area contributed by atoms with Gasteiger partial charge in [0.05, 0.1) is 0 Å². The summed E-state index contributed by atoms with van der Waals surface area (Å²) in [4.78, 5) is 11.1. The first-order valence-electron chi connectivity index (χ1n) is 4.15. The fourth-order valence-corrected chi connectivity index (χ4v) is 1.38. The molecule has 0 aromatic heterocycles. The highest BCUT2D eigenvalue weighted by Gasteiger charge is 2.11. The molecule has 0 fully saturated rings. The largest absolute Gasteiger partial charge is 0.295 e. The Bertz CT molecular complexity index is 189. The molecule has 0 spiro atoms. The highest BCUT2D eigenvalue weighted by molar-refractivity contribution is 5.89. The average molecular weight is 150 g/mol. The van der Waals surface area contributed by atoms with E-state index in [1.54, 1.807) is 12.2 Å². The van der Waals surface area contributed by atoms with Crippen LogP contribution < -0.4 is 0 Å². The molecule has 60 valence electrons. The van der Waals surface area contributed by atoms with E-state index < -0.39 is 0 Å². The van der Waals surface area contributed by atoms with Crippen LogP contribution >= 0.6 is 0 Å². The molecular weight excluding hydrogens is 136 g/mol. The zero-order valence-corrected chi connectivity index (χ0v) is 6.92. The van der Waals surface area contributed by atoms with Crippen molar-refractivity contribution in [2.45, 2.75) is 26.2 Å². The summed E-state index contributed by atoms with van der Waals surface area (Å²) >= 11 is 0. The smallest absolute Gasteiger partial charge is 0.155 e. The van der Waals surface area contributed by atoms with Gasteiger partial charge in [-0.1, -0.05) is 18.2 Å². The second-order valence-electron chi connectivity index (χ2n) is 2.94. The van der Waals surface area contributed by atoms with Gasteiger partial charge in [0, 0.05) is 6.42 Å². The molecule has 0 bridgehead atoms. The van der Waals surface area contributed by atoms with Gasteiger partial charge in [-0.05, 0) is 31.8 Å². The van der Waals surface area contributed by atoms with Gasteiger partial charge in [-0.15, -0.1) is 0 Å². The summed E-state index contributed by atoms with van der Waals surface area (Å²) in [6.45, 7) is 1.88. The summed E-state index contributed by atoms with van der Waals surface area (Å²) in [5.41, 5.74) is 0. The minimum absolute atomic E-state index is 0.254. The average Bonchev–Trinajstić information content (AvgIpc) is 2.40. The monoisotopic (exact) mass is 150 g/mol. The molecule has 1 heteroatoms. The molecular formula is C10H14O. The Balaban J connectivity index is 2.30. The minimum atomic E-state index is 0.254. The molecule has 1 aliphatic rings. The Morgan fingerprint density at radius 3 is 3.09 bits per heavy atom. The van der Waals surface area contributed by atoms with Crippen LogP contribution in [-0.2, 0) is 4.79 Å². The van der Waals surface area contributed by atoms with Crippen LogP contribution in [0.3, 0.4) is 0 Å². The first-order chi connectivity index (χ1) is 5.33. The highest BCUT2D eigenvalue weighted by atomic mass is 16.1. The quantitative estimate of drug-likeness (QED) is 0.446. The van der Waals surface area contributed by atoms with Gasteiger partial charge in [0.25, 0.3) is 0 Å². The molecule has 0 saturated carbocycles. The van der Waals surface area contributed by atoms with E-state index in [0.29, 0.717) is 12.3 Å². The Kier molecular flexibility index (Phi) is 3.09. The van der Waals surface area contributed by atoms with Gasteiger partial charge in [0.15, 0.2) is 5.78 Å². The lowest BCUT2D eigenvalue weighted by Gasteiger charge is -2.02. The Morgan fingerprint density at radius 2 is 2.55 bits per heavy atom. The predicted octanol–water partition coefficient (Wildman–Crippen LogP) is 2.49. The Labute approximate surface area is 67.8 Å². The third kappa shape index (κ3) is 2.71. The van der Waals surface area contributed by atoms with E-state index >= 15 is 0 Å². The maximum atomic E-state index is 11.1. The molecule has 1 aliphatic carbocycles. The lowest BCUT2D eigenvalue weighted by molar-refractivity contribution is -0.115. The second-order valence-corrected chi connectivity index (χ2v) is 2.94. The summed E-state index contributed by atoms with van der Waals surface area (Å²) in [5, 5.41) is 0. The summed E-state index contributed by atoms with van der Waals surface area (Å²) < 4.78 is 0. The fraction of sp³-hybridized carbons (Fsp3) is 0.500. The van der Waals surface area contributed by atoms with Crippen molar-refractivity contribution in [1.82, 2.24) is 0 Å². The molecule has 1 rings (SSSR count). The van der Waals surface area contributed by atoms with Gasteiger partial charge in [-0.3, -0.25) is 4.79 Å². The summed E-state index contributed by atoms with van der Waals surface area (Å²) in [7, 11) is 0. The third-order valence-corrected chi connectivity index (χ3v) is 1.93. The van der Waals surface area contributed by atoms with E-state index in [0.717, 1.165) is 12.8 Å². The van der Waals surface area contributed by atoms with Crippen LogP contribution in [0.1, 0.15) is 26.2 Å². The van der Waals surface area contributed by atoms with Crippen LogP contribution in [0.25, 0.3) is 0 Å². The van der Waals surface area contributed by atoms with Gasteiger partial charge in [0.1, 0.15) is 0 Å². The number of hydrogen-bond donors (Lipinski definition) is 0. The van der Waals surface area contributed by atoms with Crippen molar-refractivity contribution < 1.29 is 4.79 Å². The van der Waals surface area contributed by atoms with Gasteiger partial charge in [-0.2, -0.15) is 0 Å². The van der Waals surface area contributed by atoms with Gasteiger partial charge < -0.3 is 0 Å². The maximum Gasteiger partial charge on any atom is 0.155 e. The Morgan fingerprint density at radius 1 is 1.73 bits per heavy atom. The molecule has 0 aromatic carbocycles. The molecule has 1 atom stereocenters. The Hall–Kier alpha value is -0.850. The molecule has 1 nitrogen and oxygen atoms in total. The van der Waals surface area contributed by atoms with E-state index in [2.05, 4.69) is 12.2 Å². The van der Waals surface area contributed by atoms with Gasteiger partial charge >= 0.3 is 0 Å². The van der Waals surface area contributed by atoms with Crippen molar-refractivity contribution in [2.24, 2.45) is 5.92 Å². The number of allylic oxidation sites excluding steroid dienone is 4. The van der Waals surface area contributed by atoms with E-state index in [1.165, 1.54) is 0 Å². The maximum absolute atomic E-state index is 11.1. The summed E-state index contributed by atoms with van der Waals surface area (Å²) in [6, 6.07) is 0. The van der Waals surface area contributed by atoms with Crippen LogP contribution in [0.2, 0.25) is 0 Å². The fourth-order valence-electron chi connectivity index (χ4n) is 1.38. The first-order valence-corrected chi connectivity index (χ1v) is 4.15. The molecule has 0 heterocycles. The van der Waals surface area contributed by atoms with E-state index in [4.69, 9.17) is 0 Å². The molecule has 0 aromatic rings. The van der Waals surface area contributed by atoms with Crippen LogP contribution in [0.15, 0.2) is 24.3 Å². The van der Waals surface area contributed by atoms with Crippen molar-refractivity contribution in [2.75, 3.05) is 0 Å². The molecule has 0 N–H and O–H groups in total. The number of carbonyl (C=O) groups is 1. The molecule has 0 radical (unpaired) electrons. The lowest BCUT2D eigenvalue weighted by atomic mass is 10.0. The summed E-state index contributed by atoms with van der Waals surface area (Å²) in [5.74, 6) is 0.766. The van der Waals surface area contributed by atoms with Crippen LogP contribution in [0.5, 0.6) is 0 Å². The van der Waals surface area contributed by atoms with Crippen LogP contribution in [0.4, 0.5) is 0 Å². The normalized spacial score (nSPS) is 23.2. The number of ketones is 1. The zero-order chi connectivity index (χ0) is 8.10. The molecule has 11 heavy (non-hydrogen) atoms. The van der Waals surface area contributed by atoms with Crippen LogP contribution in [0, 0.1) is 5.92 Å². The first kappa shape index (κ1) is 8.25. The molecule has 0 aliphatic heterocycles. The topological polar surface area (TPSA) is 17.1 Å². The predicted molar refractivity (Wildman–Crippen MR) is 46.3 cm³/mol. The molecule has 0 saturated heterocycles.